The van der Waals surface area contributed by atoms with Gasteiger partial charge in [-0.25, -0.2) is 13.4 Å². The fourth-order valence-electron chi connectivity index (χ4n) is 4.20. The second kappa shape index (κ2) is 11.0. The normalized spacial score (nSPS) is 14.6. The molecule has 2 aromatic carbocycles. The second-order valence-corrected chi connectivity index (χ2v) is 12.9. The first-order valence-electron chi connectivity index (χ1n) is 11.9. The van der Waals surface area contributed by atoms with Crippen molar-refractivity contribution in [1.82, 2.24) is 14.7 Å². The predicted octanol–water partition coefficient (Wildman–Crippen LogP) is 7.50. The van der Waals surface area contributed by atoms with E-state index >= 15 is 0 Å². The van der Waals surface area contributed by atoms with Crippen LogP contribution in [0.3, 0.4) is 0 Å². The van der Waals surface area contributed by atoms with Crippen molar-refractivity contribution in [3.63, 3.8) is 0 Å². The number of nitrogens with zero attached hydrogens (tertiary/aromatic N) is 2. The van der Waals surface area contributed by atoms with Gasteiger partial charge in [0, 0.05) is 32.6 Å². The molecule has 5 rings (SSSR count). The van der Waals surface area contributed by atoms with Crippen LogP contribution in [0.1, 0.15) is 29.0 Å². The lowest BCUT2D eigenvalue weighted by Crippen LogP contribution is -2.39. The van der Waals surface area contributed by atoms with E-state index in [9.17, 15) is 26.7 Å². The van der Waals surface area contributed by atoms with Crippen LogP contribution < -0.4 is 4.72 Å². The van der Waals surface area contributed by atoms with Crippen molar-refractivity contribution < 1.29 is 26.7 Å². The Morgan fingerprint density at radius 1 is 0.976 bits per heavy atom. The minimum absolute atomic E-state index is 0.0986. The van der Waals surface area contributed by atoms with E-state index in [0.29, 0.717) is 38.0 Å². The molecule has 0 radical (unpaired) electrons. The van der Waals surface area contributed by atoms with Gasteiger partial charge in [-0.1, -0.05) is 59.6 Å². The predicted molar refractivity (Wildman–Crippen MR) is 154 cm³/mol. The number of aromatic nitrogens is 2. The molecule has 0 bridgehead atoms. The molecular formula is C28H20Cl2F3N3O3S2. The van der Waals surface area contributed by atoms with Crippen molar-refractivity contribution in [3.8, 4) is 11.3 Å². The first-order chi connectivity index (χ1) is 19.3. The summed E-state index contributed by atoms with van der Waals surface area (Å²) in [7, 11) is -4.09. The minimum Gasteiger partial charge on any atom is -0.376 e. The molecule has 0 fully saturated rings. The van der Waals surface area contributed by atoms with Crippen molar-refractivity contribution in [2.45, 2.75) is 29.6 Å². The lowest BCUT2D eigenvalue weighted by molar-refractivity contribution is -0.258. The molecule has 6 nitrogen and oxygen atoms in total. The minimum atomic E-state index is -4.90. The third kappa shape index (κ3) is 5.83. The number of nitrogens with one attached hydrogen (secondary N) is 1. The zero-order valence-electron chi connectivity index (χ0n) is 21.0. The van der Waals surface area contributed by atoms with Crippen LogP contribution in [0.4, 0.5) is 13.2 Å². The molecule has 3 aromatic heterocycles. The Hall–Kier alpha value is -3.06. The summed E-state index contributed by atoms with van der Waals surface area (Å²) in [5.74, 6) is 0. The summed E-state index contributed by atoms with van der Waals surface area (Å²) in [6, 6.07) is 17.9. The number of sulfonamides is 1. The zero-order chi connectivity index (χ0) is 29.6. The van der Waals surface area contributed by atoms with Crippen LogP contribution in [0.5, 0.6) is 0 Å². The van der Waals surface area contributed by atoms with E-state index in [1.54, 1.807) is 48.5 Å². The van der Waals surface area contributed by atoms with Crippen molar-refractivity contribution in [1.29, 1.82) is 0 Å². The summed E-state index contributed by atoms with van der Waals surface area (Å²) in [6.07, 6.45) is -2.54. The highest BCUT2D eigenvalue weighted by Gasteiger charge is 2.51. The molecule has 0 aliphatic rings. The molecule has 0 amide bonds. The van der Waals surface area contributed by atoms with Gasteiger partial charge in [0.15, 0.2) is 5.60 Å². The summed E-state index contributed by atoms with van der Waals surface area (Å²) in [6.45, 7) is 0.687. The highest BCUT2D eigenvalue weighted by atomic mass is 35.5. The number of hydrogen-bond donors (Lipinski definition) is 2. The molecule has 212 valence electrons. The molecule has 2 N–H and O–H groups in total. The van der Waals surface area contributed by atoms with Crippen molar-refractivity contribution in [2.75, 3.05) is 0 Å². The van der Waals surface area contributed by atoms with Gasteiger partial charge < -0.3 is 5.11 Å². The molecule has 0 spiro atoms. The number of alkyl halides is 3. The molecule has 0 aliphatic carbocycles. The van der Waals surface area contributed by atoms with E-state index in [-0.39, 0.29) is 21.3 Å². The van der Waals surface area contributed by atoms with Gasteiger partial charge in [0.2, 0.25) is 10.0 Å². The molecular weight excluding hydrogens is 618 g/mol. The number of halogens is 5. The Balaban J connectivity index is 1.63. The highest BCUT2D eigenvalue weighted by Crippen LogP contribution is 2.42. The first-order valence-corrected chi connectivity index (χ1v) is 15.0. The summed E-state index contributed by atoms with van der Waals surface area (Å²) in [5.41, 5.74) is -2.21. The Morgan fingerprint density at radius 2 is 1.73 bits per heavy atom. The van der Waals surface area contributed by atoms with E-state index in [0.717, 1.165) is 12.3 Å². The average Bonchev–Trinajstić information content (AvgIpc) is 3.36. The van der Waals surface area contributed by atoms with Gasteiger partial charge in [-0.15, -0.1) is 11.3 Å². The summed E-state index contributed by atoms with van der Waals surface area (Å²) in [5, 5.41) is 11.4. The smallest absolute Gasteiger partial charge is 0.376 e. The van der Waals surface area contributed by atoms with E-state index in [1.165, 1.54) is 35.7 Å². The lowest BCUT2D eigenvalue weighted by Gasteiger charge is -2.26. The van der Waals surface area contributed by atoms with Crippen LogP contribution in [-0.4, -0.2) is 29.7 Å². The van der Waals surface area contributed by atoms with Gasteiger partial charge in [-0.2, -0.15) is 17.9 Å². The summed E-state index contributed by atoms with van der Waals surface area (Å²) < 4.78 is 70.7. The van der Waals surface area contributed by atoms with Gasteiger partial charge in [-0.3, -0.25) is 4.98 Å². The molecule has 13 heteroatoms. The molecule has 41 heavy (non-hydrogen) atoms. The maximum absolute atomic E-state index is 13.5. The summed E-state index contributed by atoms with van der Waals surface area (Å²) in [4.78, 5) is 8.60. The molecule has 0 saturated carbocycles. The van der Waals surface area contributed by atoms with Gasteiger partial charge in [0.1, 0.15) is 10.0 Å². The van der Waals surface area contributed by atoms with Crippen LogP contribution in [0.15, 0.2) is 90.1 Å². The van der Waals surface area contributed by atoms with Crippen LogP contribution in [0.2, 0.25) is 10.2 Å². The number of fused-ring (bicyclic) bond motifs is 1. The number of benzene rings is 2. The number of aliphatic hydroxyl groups is 1. The third-order valence-electron chi connectivity index (χ3n) is 6.50. The number of thiophene rings is 1. The highest BCUT2D eigenvalue weighted by molar-refractivity contribution is 7.89. The number of rotatable bonds is 7. The van der Waals surface area contributed by atoms with Crippen LogP contribution in [-0.2, 0) is 15.6 Å². The monoisotopic (exact) mass is 637 g/mol. The second-order valence-electron chi connectivity index (χ2n) is 9.26. The Kier molecular flexibility index (Phi) is 7.88. The molecule has 5 aromatic rings. The topological polar surface area (TPSA) is 92.2 Å². The number of pyridine rings is 2. The van der Waals surface area contributed by atoms with Crippen LogP contribution in [0.25, 0.3) is 21.3 Å². The first kappa shape index (κ1) is 29.4. The van der Waals surface area contributed by atoms with Crippen molar-refractivity contribution in [3.05, 3.63) is 111 Å². The Morgan fingerprint density at radius 3 is 2.41 bits per heavy atom. The van der Waals surface area contributed by atoms with E-state index in [2.05, 4.69) is 14.7 Å². The van der Waals surface area contributed by atoms with Crippen molar-refractivity contribution in [2.24, 2.45) is 0 Å². The molecule has 3 heterocycles. The molecule has 2 atom stereocenters. The van der Waals surface area contributed by atoms with E-state index in [1.807, 2.05) is 0 Å². The van der Waals surface area contributed by atoms with E-state index in [4.69, 9.17) is 23.2 Å². The zero-order valence-corrected chi connectivity index (χ0v) is 24.2. The molecule has 0 unspecified atom stereocenters. The number of hydrogen-bond acceptors (Lipinski definition) is 6. The summed E-state index contributed by atoms with van der Waals surface area (Å²) >= 11 is 13.6. The molecule has 0 saturated heterocycles. The standard InChI is InChI=1S/C28H20Cl2F3N3O3S2/c1-27(37,28(31,32)33)17-11-12-34-22(14-17)20-7-4-5-16-13-23(40-26(16)20)25(19-6-2-3-8-21(19)29)36-41(38,39)18-9-10-24(30)35-15-18/h2-15,25,36-37H,1H3/t25-,27-/m1/s1. The van der Waals surface area contributed by atoms with E-state index < -0.39 is 27.8 Å². The SMILES string of the molecule is C[C@@](O)(c1ccnc(-c2cccc3cc([C@H](NS(=O)(=O)c4ccc(Cl)nc4)c4ccccc4Cl)sc23)c1)C(F)(F)F. The van der Waals surface area contributed by atoms with Crippen LogP contribution in [0, 0.1) is 0 Å². The van der Waals surface area contributed by atoms with Gasteiger partial charge >= 0.3 is 6.18 Å². The van der Waals surface area contributed by atoms with Gasteiger partial charge in [-0.05, 0) is 59.8 Å². The van der Waals surface area contributed by atoms with Crippen LogP contribution >= 0.6 is 34.5 Å². The molecule has 0 aliphatic heterocycles. The third-order valence-corrected chi connectivity index (χ3v) is 9.72. The quantitative estimate of drug-likeness (QED) is 0.180. The lowest BCUT2D eigenvalue weighted by atomic mass is 9.94. The Labute approximate surface area is 247 Å². The fraction of sp³-hybridized carbons (Fsp3) is 0.143. The van der Waals surface area contributed by atoms with Crippen molar-refractivity contribution >= 4 is 54.6 Å². The maximum atomic E-state index is 13.5. The largest absolute Gasteiger partial charge is 0.421 e. The van der Waals surface area contributed by atoms with Gasteiger partial charge in [0.25, 0.3) is 0 Å². The Bertz CT molecular complexity index is 1840. The average molecular weight is 639 g/mol. The fourth-order valence-corrected chi connectivity index (χ4v) is 7.02. The van der Waals surface area contributed by atoms with Gasteiger partial charge in [0.05, 0.1) is 11.7 Å². The maximum Gasteiger partial charge on any atom is 0.421 e.